The zero-order valence-corrected chi connectivity index (χ0v) is 12.0. The first kappa shape index (κ1) is 15.6. The third-order valence-corrected chi connectivity index (χ3v) is 3.44. The summed E-state index contributed by atoms with van der Waals surface area (Å²) in [6, 6.07) is 5.57. The molecule has 2 amide bonds. The molecule has 1 aliphatic rings. The van der Waals surface area contributed by atoms with Gasteiger partial charge in [0.2, 0.25) is 0 Å². The Kier molecular flexibility index (Phi) is 4.82. The van der Waals surface area contributed by atoms with E-state index in [1.807, 2.05) is 0 Å². The molecule has 1 atom stereocenters. The topological polar surface area (TPSA) is 108 Å². The van der Waals surface area contributed by atoms with Crippen LogP contribution in [0.25, 0.3) is 0 Å². The van der Waals surface area contributed by atoms with Crippen molar-refractivity contribution < 1.29 is 24.2 Å². The van der Waals surface area contributed by atoms with Crippen molar-refractivity contribution in [2.24, 2.45) is 0 Å². The molecule has 0 bridgehead atoms. The molecule has 0 radical (unpaired) electrons. The lowest BCUT2D eigenvalue weighted by Gasteiger charge is -2.22. The molecule has 22 heavy (non-hydrogen) atoms. The number of hydrogen-bond donors (Lipinski definition) is 3. The van der Waals surface area contributed by atoms with Crippen molar-refractivity contribution in [3.8, 4) is 0 Å². The molecule has 0 aliphatic carbocycles. The average molecular weight is 307 g/mol. The molecule has 1 aromatic carbocycles. The lowest BCUT2D eigenvalue weighted by Crippen LogP contribution is -2.47. The molecule has 118 valence electrons. The number of aromatic carboxylic acids is 1. The molecule has 8 heteroatoms. The smallest absolute Gasteiger partial charge is 0.410 e. The summed E-state index contributed by atoms with van der Waals surface area (Å²) in [4.78, 5) is 36.2. The van der Waals surface area contributed by atoms with Gasteiger partial charge in [0.25, 0.3) is 5.91 Å². The Labute approximate surface area is 127 Å². The molecule has 1 fully saturated rings. The van der Waals surface area contributed by atoms with E-state index in [2.05, 4.69) is 15.6 Å². The van der Waals surface area contributed by atoms with Crippen LogP contribution in [-0.4, -0.2) is 47.7 Å². The van der Waals surface area contributed by atoms with Gasteiger partial charge >= 0.3 is 12.1 Å². The minimum absolute atomic E-state index is 0.0408. The number of ether oxygens (including phenoxy) is 1. The van der Waals surface area contributed by atoms with Crippen LogP contribution in [0.5, 0.6) is 0 Å². The molecule has 1 aliphatic heterocycles. The highest BCUT2D eigenvalue weighted by Crippen LogP contribution is 2.19. The van der Waals surface area contributed by atoms with E-state index in [-0.39, 0.29) is 11.3 Å². The summed E-state index contributed by atoms with van der Waals surface area (Å²) in [5, 5.41) is 9.07. The molecule has 8 nitrogen and oxygen atoms in total. The fourth-order valence-corrected chi connectivity index (χ4v) is 2.37. The highest BCUT2D eigenvalue weighted by molar-refractivity contribution is 5.95. The van der Waals surface area contributed by atoms with Crippen LogP contribution in [0.1, 0.15) is 23.2 Å². The number of carboxylic acid groups (broad SMARTS) is 1. The quantitative estimate of drug-likeness (QED) is 0.718. The van der Waals surface area contributed by atoms with Crippen molar-refractivity contribution in [2.75, 3.05) is 19.1 Å². The maximum absolute atomic E-state index is 12.2. The number of carbonyl (C=O) groups is 3. The van der Waals surface area contributed by atoms with E-state index in [4.69, 9.17) is 5.11 Å². The molecule has 0 spiro atoms. The van der Waals surface area contributed by atoms with Gasteiger partial charge in [0.05, 0.1) is 18.4 Å². The van der Waals surface area contributed by atoms with E-state index in [1.54, 1.807) is 12.1 Å². The number of nitrogens with zero attached hydrogens (tertiary/aromatic N) is 1. The van der Waals surface area contributed by atoms with Crippen LogP contribution in [0.3, 0.4) is 0 Å². The first-order valence-electron chi connectivity index (χ1n) is 6.77. The summed E-state index contributed by atoms with van der Waals surface area (Å²) in [6.07, 6.45) is 0.686. The highest BCUT2D eigenvalue weighted by Gasteiger charge is 2.34. The lowest BCUT2D eigenvalue weighted by molar-refractivity contribution is -0.124. The van der Waals surface area contributed by atoms with Crippen molar-refractivity contribution in [3.05, 3.63) is 29.8 Å². The number of hydrazine groups is 1. The number of likely N-dealkylation sites (tertiary alicyclic amines) is 1. The lowest BCUT2D eigenvalue weighted by atomic mass is 10.2. The summed E-state index contributed by atoms with van der Waals surface area (Å²) >= 11 is 0. The Hall–Kier alpha value is -2.77. The van der Waals surface area contributed by atoms with Gasteiger partial charge < -0.3 is 9.84 Å². The number of nitrogens with one attached hydrogen (secondary N) is 2. The average Bonchev–Trinajstić information content (AvgIpc) is 3.01. The van der Waals surface area contributed by atoms with Crippen LogP contribution in [0.4, 0.5) is 10.5 Å². The second-order valence-electron chi connectivity index (χ2n) is 4.79. The van der Waals surface area contributed by atoms with Crippen molar-refractivity contribution in [3.63, 3.8) is 0 Å². The molecular weight excluding hydrogens is 290 g/mol. The van der Waals surface area contributed by atoms with Gasteiger partial charge in [-0.05, 0) is 25.0 Å². The zero-order chi connectivity index (χ0) is 16.1. The van der Waals surface area contributed by atoms with Gasteiger partial charge in [0.1, 0.15) is 6.04 Å². The molecule has 1 saturated heterocycles. The van der Waals surface area contributed by atoms with Crippen LogP contribution in [0.15, 0.2) is 24.3 Å². The van der Waals surface area contributed by atoms with Gasteiger partial charge in [-0.1, -0.05) is 12.1 Å². The summed E-state index contributed by atoms with van der Waals surface area (Å²) in [5.74, 6) is -1.52. The number of anilines is 1. The molecule has 1 aromatic rings. The molecule has 1 heterocycles. The van der Waals surface area contributed by atoms with Crippen LogP contribution >= 0.6 is 0 Å². The van der Waals surface area contributed by atoms with Crippen LogP contribution in [-0.2, 0) is 9.53 Å². The predicted molar refractivity (Wildman–Crippen MR) is 77.3 cm³/mol. The van der Waals surface area contributed by atoms with E-state index < -0.39 is 24.0 Å². The van der Waals surface area contributed by atoms with Gasteiger partial charge in [0.15, 0.2) is 0 Å². The fraction of sp³-hybridized carbons (Fsp3) is 0.357. The number of methoxy groups -OCH3 is 1. The number of hydrogen-bond acceptors (Lipinski definition) is 5. The Morgan fingerprint density at radius 2 is 2.05 bits per heavy atom. The SMILES string of the molecule is COC(=O)N1CCCC1C(=O)NNc1ccccc1C(=O)O. The number of para-hydroxylation sites is 1. The third kappa shape index (κ3) is 3.27. The summed E-state index contributed by atoms with van der Waals surface area (Å²) < 4.78 is 4.64. The fourth-order valence-electron chi connectivity index (χ4n) is 2.37. The van der Waals surface area contributed by atoms with Crippen LogP contribution in [0, 0.1) is 0 Å². The maximum Gasteiger partial charge on any atom is 0.410 e. The van der Waals surface area contributed by atoms with E-state index in [0.717, 1.165) is 0 Å². The first-order valence-corrected chi connectivity index (χ1v) is 6.77. The molecular formula is C14H17N3O5. The molecule has 0 aromatic heterocycles. The van der Waals surface area contributed by atoms with E-state index in [1.165, 1.54) is 24.1 Å². The van der Waals surface area contributed by atoms with Crippen LogP contribution < -0.4 is 10.9 Å². The van der Waals surface area contributed by atoms with E-state index >= 15 is 0 Å². The molecule has 2 rings (SSSR count). The Morgan fingerprint density at radius 1 is 1.32 bits per heavy atom. The maximum atomic E-state index is 12.2. The molecule has 0 saturated carbocycles. The van der Waals surface area contributed by atoms with Gasteiger partial charge in [-0.3, -0.25) is 20.5 Å². The van der Waals surface area contributed by atoms with Gasteiger partial charge in [-0.2, -0.15) is 0 Å². The van der Waals surface area contributed by atoms with Crippen LogP contribution in [0.2, 0.25) is 0 Å². The summed E-state index contributed by atoms with van der Waals surface area (Å²) in [7, 11) is 1.26. The normalized spacial score (nSPS) is 17.0. The molecule has 3 N–H and O–H groups in total. The van der Waals surface area contributed by atoms with Gasteiger partial charge in [-0.25, -0.2) is 9.59 Å². The monoisotopic (exact) mass is 307 g/mol. The predicted octanol–water partition coefficient (Wildman–Crippen LogP) is 1.06. The Bertz CT molecular complexity index is 590. The Balaban J connectivity index is 2.01. The van der Waals surface area contributed by atoms with E-state index in [0.29, 0.717) is 19.4 Å². The number of rotatable bonds is 4. The van der Waals surface area contributed by atoms with E-state index in [9.17, 15) is 14.4 Å². The van der Waals surface area contributed by atoms with Crippen molar-refractivity contribution in [1.29, 1.82) is 0 Å². The number of benzene rings is 1. The zero-order valence-electron chi connectivity index (χ0n) is 12.0. The number of amides is 2. The Morgan fingerprint density at radius 3 is 2.73 bits per heavy atom. The van der Waals surface area contributed by atoms with Crippen molar-refractivity contribution >= 4 is 23.7 Å². The van der Waals surface area contributed by atoms with Gasteiger partial charge in [0, 0.05) is 6.54 Å². The minimum atomic E-state index is -1.10. The van der Waals surface area contributed by atoms with Gasteiger partial charge in [-0.15, -0.1) is 0 Å². The second kappa shape index (κ2) is 6.79. The molecule has 1 unspecified atom stereocenters. The second-order valence-corrected chi connectivity index (χ2v) is 4.79. The number of carboxylic acids is 1. The third-order valence-electron chi connectivity index (χ3n) is 3.44. The first-order chi connectivity index (χ1) is 10.5. The van der Waals surface area contributed by atoms with Crippen molar-refractivity contribution in [1.82, 2.24) is 10.3 Å². The van der Waals surface area contributed by atoms with Crippen molar-refractivity contribution in [2.45, 2.75) is 18.9 Å². The standard InChI is InChI=1S/C14H17N3O5/c1-22-14(21)17-8-4-7-11(17)12(18)16-15-10-6-3-2-5-9(10)13(19)20/h2-3,5-6,11,15H,4,7-8H2,1H3,(H,16,18)(H,19,20). The summed E-state index contributed by atoms with van der Waals surface area (Å²) in [6.45, 7) is 0.455. The highest BCUT2D eigenvalue weighted by atomic mass is 16.5. The largest absolute Gasteiger partial charge is 0.478 e. The summed E-state index contributed by atoms with van der Waals surface area (Å²) in [5.41, 5.74) is 5.34. The minimum Gasteiger partial charge on any atom is -0.478 e. The number of carbonyl (C=O) groups excluding carboxylic acids is 2.